The van der Waals surface area contributed by atoms with Crippen LogP contribution in [0.5, 0.6) is 11.6 Å². The largest absolute Gasteiger partial charge is 0.573 e. The molecule has 0 aliphatic heterocycles. The Morgan fingerprint density at radius 2 is 1.94 bits per heavy atom. The van der Waals surface area contributed by atoms with Crippen LogP contribution in [0, 0.1) is 6.92 Å². The molecule has 10 heteroatoms. The predicted octanol–water partition coefficient (Wildman–Crippen LogP) is 2.22. The minimum absolute atomic E-state index is 0.0982. The third-order valence-corrected chi connectivity index (χ3v) is 3.01. The van der Waals surface area contributed by atoms with Gasteiger partial charge in [-0.25, -0.2) is 8.42 Å². The zero-order chi connectivity index (χ0) is 14.1. The van der Waals surface area contributed by atoms with Gasteiger partial charge in [-0.1, -0.05) is 0 Å². The molecule has 0 amide bonds. The van der Waals surface area contributed by atoms with E-state index in [0.29, 0.717) is 6.07 Å². The van der Waals surface area contributed by atoms with Gasteiger partial charge in [0.15, 0.2) is 5.03 Å². The Bertz CT molecular complexity index is 558. The number of alkyl halides is 3. The summed E-state index contributed by atoms with van der Waals surface area (Å²) in [5.74, 6) is -1.07. The summed E-state index contributed by atoms with van der Waals surface area (Å²) < 4.78 is 66.8. The fraction of sp³-hybridized carbons (Fsp3) is 0.375. The molecule has 1 heterocycles. The van der Waals surface area contributed by atoms with Gasteiger partial charge in [-0.3, -0.25) is 0 Å². The number of aromatic nitrogens is 1. The second kappa shape index (κ2) is 4.81. The Morgan fingerprint density at radius 3 is 2.33 bits per heavy atom. The van der Waals surface area contributed by atoms with E-state index >= 15 is 0 Å². The normalized spacial score (nSPS) is 12.3. The Kier molecular flexibility index (Phi) is 3.96. The Balaban J connectivity index is 3.42. The Hall–Kier alpha value is -1.22. The first-order valence-corrected chi connectivity index (χ1v) is 6.61. The zero-order valence-corrected chi connectivity index (χ0v) is 10.7. The second-order valence-electron chi connectivity index (χ2n) is 3.08. The second-order valence-corrected chi connectivity index (χ2v) is 5.59. The van der Waals surface area contributed by atoms with E-state index in [9.17, 15) is 21.6 Å². The maximum absolute atomic E-state index is 12.1. The van der Waals surface area contributed by atoms with Crippen LogP contribution in [-0.2, 0) is 9.05 Å². The molecule has 0 radical (unpaired) electrons. The van der Waals surface area contributed by atoms with Crippen LogP contribution >= 0.6 is 10.7 Å². The lowest BCUT2D eigenvalue weighted by atomic mass is 10.3. The van der Waals surface area contributed by atoms with E-state index in [1.807, 2.05) is 0 Å². The lowest BCUT2D eigenvalue weighted by Crippen LogP contribution is -2.18. The highest BCUT2D eigenvalue weighted by Gasteiger charge is 2.33. The third kappa shape index (κ3) is 3.64. The lowest BCUT2D eigenvalue weighted by molar-refractivity contribution is -0.275. The molecular weight excluding hydrogens is 299 g/mol. The minimum atomic E-state index is -4.97. The van der Waals surface area contributed by atoms with Crippen molar-refractivity contribution in [1.82, 2.24) is 4.98 Å². The summed E-state index contributed by atoms with van der Waals surface area (Å²) in [5, 5.41) is -0.786. The zero-order valence-electron chi connectivity index (χ0n) is 9.08. The molecule has 18 heavy (non-hydrogen) atoms. The summed E-state index contributed by atoms with van der Waals surface area (Å²) in [6.45, 7) is 1.23. The van der Waals surface area contributed by atoms with Crippen molar-refractivity contribution < 1.29 is 31.1 Å². The molecule has 1 rings (SSSR count). The summed E-state index contributed by atoms with van der Waals surface area (Å²) in [5.41, 5.74) is -0.0982. The first kappa shape index (κ1) is 14.8. The van der Waals surface area contributed by atoms with Gasteiger partial charge in [0.2, 0.25) is 5.88 Å². The number of halogens is 4. The lowest BCUT2D eigenvalue weighted by Gasteiger charge is -2.13. The van der Waals surface area contributed by atoms with Gasteiger partial charge in [0.05, 0.1) is 12.7 Å². The Labute approximate surface area is 105 Å². The van der Waals surface area contributed by atoms with Crippen molar-refractivity contribution in [3.8, 4) is 11.6 Å². The van der Waals surface area contributed by atoms with Crippen LogP contribution in [0.15, 0.2) is 11.1 Å². The van der Waals surface area contributed by atoms with E-state index in [0.717, 1.165) is 7.11 Å². The van der Waals surface area contributed by atoms with Gasteiger partial charge < -0.3 is 9.47 Å². The van der Waals surface area contributed by atoms with Crippen LogP contribution in [0.4, 0.5) is 13.2 Å². The van der Waals surface area contributed by atoms with Gasteiger partial charge in [0.1, 0.15) is 5.75 Å². The molecule has 102 valence electrons. The SMILES string of the molecule is COc1nc(S(=O)(=O)Cl)cc(OC(F)(F)F)c1C. The first-order chi connectivity index (χ1) is 8.04. The molecule has 0 bridgehead atoms. The highest BCUT2D eigenvalue weighted by atomic mass is 35.7. The molecule has 1 aromatic heterocycles. The molecule has 0 fully saturated rings. The van der Waals surface area contributed by atoms with Crippen LogP contribution in [0.3, 0.4) is 0 Å². The van der Waals surface area contributed by atoms with E-state index in [2.05, 4.69) is 14.5 Å². The summed E-state index contributed by atoms with van der Waals surface area (Å²) in [4.78, 5) is 3.46. The quantitative estimate of drug-likeness (QED) is 0.801. The van der Waals surface area contributed by atoms with Crippen molar-refractivity contribution in [3.05, 3.63) is 11.6 Å². The number of pyridine rings is 1. The van der Waals surface area contributed by atoms with Crippen LogP contribution < -0.4 is 9.47 Å². The maximum Gasteiger partial charge on any atom is 0.573 e. The third-order valence-electron chi connectivity index (χ3n) is 1.83. The molecule has 0 saturated carbocycles. The van der Waals surface area contributed by atoms with Gasteiger partial charge in [0, 0.05) is 16.7 Å². The van der Waals surface area contributed by atoms with Crippen molar-refractivity contribution in [3.63, 3.8) is 0 Å². The van der Waals surface area contributed by atoms with E-state index in [1.165, 1.54) is 6.92 Å². The van der Waals surface area contributed by atoms with Crippen molar-refractivity contribution in [2.45, 2.75) is 18.3 Å². The standard InChI is InChI=1S/C8H7ClF3NO4S/c1-4-5(17-8(10,11)12)3-6(18(9,14)15)13-7(4)16-2/h3H,1-2H3. The van der Waals surface area contributed by atoms with Crippen LogP contribution in [0.1, 0.15) is 5.56 Å². The average Bonchev–Trinajstić information content (AvgIpc) is 2.17. The molecule has 0 spiro atoms. The molecule has 0 aliphatic carbocycles. The fourth-order valence-corrected chi connectivity index (χ4v) is 1.77. The minimum Gasteiger partial charge on any atom is -0.481 e. The summed E-state index contributed by atoms with van der Waals surface area (Å²) in [6.07, 6.45) is -4.97. The molecule has 5 nitrogen and oxygen atoms in total. The van der Waals surface area contributed by atoms with Crippen LogP contribution in [0.25, 0.3) is 0 Å². The highest BCUT2D eigenvalue weighted by molar-refractivity contribution is 8.13. The van der Waals surface area contributed by atoms with E-state index in [1.54, 1.807) is 0 Å². The van der Waals surface area contributed by atoms with Gasteiger partial charge in [-0.2, -0.15) is 4.98 Å². The molecule has 0 aliphatic rings. The fourth-order valence-electron chi connectivity index (χ4n) is 1.10. The smallest absolute Gasteiger partial charge is 0.481 e. The number of methoxy groups -OCH3 is 1. The van der Waals surface area contributed by atoms with Crippen molar-refractivity contribution >= 4 is 19.7 Å². The molecule has 0 unspecified atom stereocenters. The maximum atomic E-state index is 12.1. The monoisotopic (exact) mass is 305 g/mol. The van der Waals surface area contributed by atoms with Gasteiger partial charge in [0.25, 0.3) is 9.05 Å². The number of nitrogens with zero attached hydrogens (tertiary/aromatic N) is 1. The number of hydrogen-bond donors (Lipinski definition) is 0. The number of rotatable bonds is 3. The van der Waals surface area contributed by atoms with Gasteiger partial charge in [-0.05, 0) is 6.92 Å². The molecule has 0 atom stereocenters. The molecule has 1 aromatic rings. The molecular formula is C8H7ClF3NO4S. The van der Waals surface area contributed by atoms with Gasteiger partial charge >= 0.3 is 6.36 Å². The van der Waals surface area contributed by atoms with E-state index in [4.69, 9.17) is 10.7 Å². The van der Waals surface area contributed by atoms with Crippen molar-refractivity contribution in [1.29, 1.82) is 0 Å². The predicted molar refractivity (Wildman–Crippen MR) is 55.2 cm³/mol. The number of hydrogen-bond acceptors (Lipinski definition) is 5. The van der Waals surface area contributed by atoms with E-state index < -0.39 is 26.2 Å². The summed E-state index contributed by atoms with van der Waals surface area (Å²) >= 11 is 0. The van der Waals surface area contributed by atoms with E-state index in [-0.39, 0.29) is 11.4 Å². The topological polar surface area (TPSA) is 65.5 Å². The first-order valence-electron chi connectivity index (χ1n) is 4.30. The summed E-state index contributed by atoms with van der Waals surface area (Å²) in [6, 6.07) is 0.577. The van der Waals surface area contributed by atoms with Crippen molar-refractivity contribution in [2.24, 2.45) is 0 Å². The molecule has 0 saturated heterocycles. The average molecular weight is 306 g/mol. The van der Waals surface area contributed by atoms with Crippen LogP contribution in [0.2, 0.25) is 0 Å². The number of ether oxygens (including phenoxy) is 2. The Morgan fingerprint density at radius 1 is 1.39 bits per heavy atom. The van der Waals surface area contributed by atoms with Crippen LogP contribution in [-0.4, -0.2) is 26.9 Å². The highest BCUT2D eigenvalue weighted by Crippen LogP contribution is 2.33. The summed E-state index contributed by atoms with van der Waals surface area (Å²) in [7, 11) is 1.83. The van der Waals surface area contributed by atoms with Gasteiger partial charge in [-0.15, -0.1) is 13.2 Å². The molecule has 0 aromatic carbocycles. The van der Waals surface area contributed by atoms with Crippen molar-refractivity contribution in [2.75, 3.05) is 7.11 Å². The molecule has 0 N–H and O–H groups in total.